The molecule has 4 rings (SSSR count). The molecule has 134 valence electrons. The SMILES string of the molecule is O=C(NCc1ccn(C2CCCC2)n1)c1cn(Cc2ccccc2)nn1. The molecule has 0 bridgehead atoms. The molecular weight excluding hydrogens is 328 g/mol. The molecule has 2 heterocycles. The van der Waals surface area contributed by atoms with Crippen molar-refractivity contribution in [1.29, 1.82) is 0 Å². The molecule has 7 nitrogen and oxygen atoms in total. The third-order valence-electron chi connectivity index (χ3n) is 4.75. The lowest BCUT2D eigenvalue weighted by Crippen LogP contribution is -2.23. The molecule has 0 atom stereocenters. The summed E-state index contributed by atoms with van der Waals surface area (Å²) in [6, 6.07) is 12.4. The standard InChI is InChI=1S/C19H22N6O/c26-19(18-14-24(23-21-18)13-15-6-2-1-3-7-15)20-12-16-10-11-25(22-16)17-8-4-5-9-17/h1-3,6-7,10-11,14,17H,4-5,8-9,12-13H2,(H,20,26). The van der Waals surface area contributed by atoms with Crippen molar-refractivity contribution in [2.75, 3.05) is 0 Å². The van der Waals surface area contributed by atoms with E-state index >= 15 is 0 Å². The first-order valence-corrected chi connectivity index (χ1v) is 9.04. The molecule has 1 N–H and O–H groups in total. The Morgan fingerprint density at radius 1 is 1.15 bits per heavy atom. The van der Waals surface area contributed by atoms with Crippen molar-refractivity contribution in [2.24, 2.45) is 0 Å². The van der Waals surface area contributed by atoms with Gasteiger partial charge in [-0.1, -0.05) is 48.4 Å². The molecule has 1 aliphatic carbocycles. The molecule has 0 radical (unpaired) electrons. The summed E-state index contributed by atoms with van der Waals surface area (Å²) in [6.07, 6.45) is 8.60. The molecular formula is C19H22N6O. The second-order valence-corrected chi connectivity index (χ2v) is 6.70. The van der Waals surface area contributed by atoms with E-state index in [2.05, 4.69) is 20.7 Å². The van der Waals surface area contributed by atoms with E-state index in [1.807, 2.05) is 47.3 Å². The number of nitrogens with one attached hydrogen (secondary N) is 1. The van der Waals surface area contributed by atoms with Crippen LogP contribution >= 0.6 is 0 Å². The maximum Gasteiger partial charge on any atom is 0.273 e. The zero-order valence-corrected chi connectivity index (χ0v) is 14.6. The summed E-state index contributed by atoms with van der Waals surface area (Å²) in [4.78, 5) is 12.3. The van der Waals surface area contributed by atoms with Gasteiger partial charge in [0.25, 0.3) is 5.91 Å². The minimum absolute atomic E-state index is 0.236. The van der Waals surface area contributed by atoms with Crippen LogP contribution in [0.3, 0.4) is 0 Å². The van der Waals surface area contributed by atoms with E-state index < -0.39 is 0 Å². The predicted octanol–water partition coefficient (Wildman–Crippen LogP) is 2.57. The predicted molar refractivity (Wildman–Crippen MR) is 96.5 cm³/mol. The van der Waals surface area contributed by atoms with Crippen molar-refractivity contribution in [1.82, 2.24) is 30.1 Å². The van der Waals surface area contributed by atoms with Gasteiger partial charge in [-0.3, -0.25) is 9.48 Å². The third-order valence-corrected chi connectivity index (χ3v) is 4.75. The van der Waals surface area contributed by atoms with Crippen LogP contribution in [0.4, 0.5) is 0 Å². The largest absolute Gasteiger partial charge is 0.345 e. The molecule has 0 unspecified atom stereocenters. The number of carbonyl (C=O) groups is 1. The summed E-state index contributed by atoms with van der Waals surface area (Å²) in [6.45, 7) is 0.983. The van der Waals surface area contributed by atoms with Gasteiger partial charge >= 0.3 is 0 Å². The molecule has 1 fully saturated rings. The number of benzene rings is 1. The Kier molecular flexibility index (Phi) is 4.77. The Balaban J connectivity index is 1.32. The zero-order chi connectivity index (χ0) is 17.8. The lowest BCUT2D eigenvalue weighted by molar-refractivity contribution is 0.0945. The summed E-state index contributed by atoms with van der Waals surface area (Å²) in [5.41, 5.74) is 2.29. The topological polar surface area (TPSA) is 77.6 Å². The van der Waals surface area contributed by atoms with Crippen LogP contribution in [-0.4, -0.2) is 30.7 Å². The Bertz CT molecular complexity index is 863. The fourth-order valence-corrected chi connectivity index (χ4v) is 3.36. The van der Waals surface area contributed by atoms with Crippen LogP contribution in [0, 0.1) is 0 Å². The minimum atomic E-state index is -0.236. The number of nitrogens with zero attached hydrogens (tertiary/aromatic N) is 5. The lowest BCUT2D eigenvalue weighted by Gasteiger charge is -2.08. The van der Waals surface area contributed by atoms with Gasteiger partial charge < -0.3 is 5.32 Å². The highest BCUT2D eigenvalue weighted by Crippen LogP contribution is 2.28. The van der Waals surface area contributed by atoms with Crippen molar-refractivity contribution in [2.45, 2.75) is 44.8 Å². The molecule has 2 aromatic heterocycles. The van der Waals surface area contributed by atoms with Gasteiger partial charge in [-0.05, 0) is 24.5 Å². The van der Waals surface area contributed by atoms with Crippen LogP contribution in [0.15, 0.2) is 48.8 Å². The maximum absolute atomic E-state index is 12.3. The van der Waals surface area contributed by atoms with Gasteiger partial charge in [0.15, 0.2) is 5.69 Å². The summed E-state index contributed by atoms with van der Waals surface area (Å²) in [5, 5.41) is 15.4. The number of hydrogen-bond donors (Lipinski definition) is 1. The Hall–Kier alpha value is -2.96. The Morgan fingerprint density at radius 3 is 2.77 bits per heavy atom. The number of hydrogen-bond acceptors (Lipinski definition) is 4. The van der Waals surface area contributed by atoms with E-state index in [-0.39, 0.29) is 5.91 Å². The van der Waals surface area contributed by atoms with Crippen molar-refractivity contribution in [3.05, 3.63) is 65.7 Å². The van der Waals surface area contributed by atoms with Crippen LogP contribution in [0.25, 0.3) is 0 Å². The first-order chi connectivity index (χ1) is 12.8. The van der Waals surface area contributed by atoms with Crippen LogP contribution in [-0.2, 0) is 13.1 Å². The van der Waals surface area contributed by atoms with Gasteiger partial charge in [0.05, 0.1) is 31.0 Å². The molecule has 1 aliphatic rings. The average Bonchev–Trinajstić information content (AvgIpc) is 3.41. The van der Waals surface area contributed by atoms with Crippen LogP contribution in [0.2, 0.25) is 0 Å². The first kappa shape index (κ1) is 16.5. The average molecular weight is 350 g/mol. The number of rotatable bonds is 6. The van der Waals surface area contributed by atoms with Crippen LogP contribution in [0.5, 0.6) is 0 Å². The van der Waals surface area contributed by atoms with Crippen LogP contribution < -0.4 is 5.32 Å². The van der Waals surface area contributed by atoms with Crippen molar-refractivity contribution >= 4 is 5.91 Å². The second-order valence-electron chi connectivity index (χ2n) is 6.70. The smallest absolute Gasteiger partial charge is 0.273 e. The highest BCUT2D eigenvalue weighted by atomic mass is 16.2. The third kappa shape index (κ3) is 3.82. The zero-order valence-electron chi connectivity index (χ0n) is 14.6. The van der Waals surface area contributed by atoms with Crippen LogP contribution in [0.1, 0.15) is 53.5 Å². The summed E-state index contributed by atoms with van der Waals surface area (Å²) < 4.78 is 3.70. The van der Waals surface area contributed by atoms with E-state index in [1.54, 1.807) is 10.9 Å². The van der Waals surface area contributed by atoms with E-state index in [1.165, 1.54) is 25.7 Å². The molecule has 26 heavy (non-hydrogen) atoms. The van der Waals surface area contributed by atoms with Gasteiger partial charge in [0.2, 0.25) is 0 Å². The van der Waals surface area contributed by atoms with Crippen molar-refractivity contribution in [3.8, 4) is 0 Å². The fourth-order valence-electron chi connectivity index (χ4n) is 3.36. The summed E-state index contributed by atoms with van der Waals surface area (Å²) >= 11 is 0. The molecule has 1 amide bonds. The van der Waals surface area contributed by atoms with E-state index in [4.69, 9.17) is 0 Å². The van der Waals surface area contributed by atoms with Crippen molar-refractivity contribution in [3.63, 3.8) is 0 Å². The fraction of sp³-hybridized carbons (Fsp3) is 0.368. The summed E-state index contributed by atoms with van der Waals surface area (Å²) in [5.74, 6) is -0.236. The maximum atomic E-state index is 12.3. The quantitative estimate of drug-likeness (QED) is 0.741. The Labute approximate surface area is 152 Å². The highest BCUT2D eigenvalue weighted by Gasteiger charge is 2.18. The molecule has 1 aromatic carbocycles. The van der Waals surface area contributed by atoms with Gasteiger partial charge in [0.1, 0.15) is 0 Å². The van der Waals surface area contributed by atoms with Crippen molar-refractivity contribution < 1.29 is 4.79 Å². The van der Waals surface area contributed by atoms with E-state index in [0.717, 1.165) is 11.3 Å². The number of carbonyl (C=O) groups excluding carboxylic acids is 1. The highest BCUT2D eigenvalue weighted by molar-refractivity contribution is 5.91. The molecule has 3 aromatic rings. The molecule has 7 heteroatoms. The molecule has 0 aliphatic heterocycles. The second kappa shape index (κ2) is 7.51. The molecule has 1 saturated carbocycles. The van der Waals surface area contributed by atoms with E-state index in [9.17, 15) is 4.79 Å². The first-order valence-electron chi connectivity index (χ1n) is 9.04. The Morgan fingerprint density at radius 2 is 1.96 bits per heavy atom. The lowest BCUT2D eigenvalue weighted by atomic mass is 10.2. The van der Waals surface area contributed by atoms with Gasteiger partial charge in [-0.25, -0.2) is 4.68 Å². The minimum Gasteiger partial charge on any atom is -0.345 e. The van der Waals surface area contributed by atoms with Gasteiger partial charge in [-0.15, -0.1) is 5.10 Å². The van der Waals surface area contributed by atoms with Gasteiger partial charge in [-0.2, -0.15) is 5.10 Å². The molecule has 0 saturated heterocycles. The monoisotopic (exact) mass is 350 g/mol. The molecule has 0 spiro atoms. The van der Waals surface area contributed by atoms with Gasteiger partial charge in [0, 0.05) is 6.20 Å². The summed E-state index contributed by atoms with van der Waals surface area (Å²) in [7, 11) is 0. The number of aromatic nitrogens is 5. The van der Waals surface area contributed by atoms with E-state index in [0.29, 0.717) is 24.8 Å². The normalized spacial score (nSPS) is 14.6. The number of amides is 1.